The van der Waals surface area contributed by atoms with Gasteiger partial charge in [0.05, 0.1) is 10.3 Å². The largest absolute Gasteiger partial charge is 0.321 e. The Morgan fingerprint density at radius 2 is 1.62 bits per heavy atom. The third-order valence-electron chi connectivity index (χ3n) is 3.67. The smallest absolute Gasteiger partial charge is 0.293 e. The Bertz CT molecular complexity index is 1160. The SMILES string of the molecule is O=c1[nH]c2c([N+](=O)[O-])ccc3c(=O)[nH]c4cccc1c4c23. The number of nitrogens with zero attached hydrogens (tertiary/aromatic N) is 1. The number of aromatic amines is 2. The van der Waals surface area contributed by atoms with Gasteiger partial charge in [0.25, 0.3) is 16.8 Å². The molecule has 0 spiro atoms. The van der Waals surface area contributed by atoms with Crippen molar-refractivity contribution in [3.05, 3.63) is 61.2 Å². The minimum atomic E-state index is -0.573. The highest BCUT2D eigenvalue weighted by atomic mass is 16.6. The molecule has 4 aromatic rings. The van der Waals surface area contributed by atoms with Crippen molar-refractivity contribution < 1.29 is 4.92 Å². The number of non-ortho nitro benzene ring substituents is 1. The normalized spacial score (nSPS) is 11.6. The molecule has 0 radical (unpaired) electrons. The number of pyridine rings is 2. The fourth-order valence-electron chi connectivity index (χ4n) is 2.80. The maximum absolute atomic E-state index is 12.1. The highest BCUT2D eigenvalue weighted by Gasteiger charge is 2.20. The van der Waals surface area contributed by atoms with E-state index < -0.39 is 10.5 Å². The fourth-order valence-corrected chi connectivity index (χ4v) is 2.80. The summed E-state index contributed by atoms with van der Waals surface area (Å²) in [6.07, 6.45) is 0. The number of hydrogen-bond donors (Lipinski definition) is 2. The average Bonchev–Trinajstić information content (AvgIpc) is 2.46. The van der Waals surface area contributed by atoms with Crippen molar-refractivity contribution in [2.75, 3.05) is 0 Å². The van der Waals surface area contributed by atoms with E-state index in [1.165, 1.54) is 12.1 Å². The van der Waals surface area contributed by atoms with Gasteiger partial charge in [0, 0.05) is 27.7 Å². The number of rotatable bonds is 1. The van der Waals surface area contributed by atoms with E-state index in [1.807, 2.05) is 0 Å². The van der Waals surface area contributed by atoms with Gasteiger partial charge in [0.2, 0.25) is 0 Å². The first-order chi connectivity index (χ1) is 10.1. The van der Waals surface area contributed by atoms with E-state index >= 15 is 0 Å². The van der Waals surface area contributed by atoms with Crippen LogP contribution in [0.4, 0.5) is 5.69 Å². The molecule has 0 saturated heterocycles. The van der Waals surface area contributed by atoms with Crippen molar-refractivity contribution in [1.82, 2.24) is 9.97 Å². The second-order valence-electron chi connectivity index (χ2n) is 4.78. The average molecular weight is 281 g/mol. The summed E-state index contributed by atoms with van der Waals surface area (Å²) in [5.41, 5.74) is -0.422. The van der Waals surface area contributed by atoms with E-state index in [0.717, 1.165) is 0 Å². The molecule has 7 heteroatoms. The Morgan fingerprint density at radius 1 is 0.905 bits per heavy atom. The molecule has 0 amide bonds. The van der Waals surface area contributed by atoms with E-state index in [4.69, 9.17) is 0 Å². The van der Waals surface area contributed by atoms with Gasteiger partial charge in [0.1, 0.15) is 5.52 Å². The van der Waals surface area contributed by atoms with Gasteiger partial charge in [-0.2, -0.15) is 0 Å². The summed E-state index contributed by atoms with van der Waals surface area (Å²) in [6.45, 7) is 0. The second kappa shape index (κ2) is 3.66. The summed E-state index contributed by atoms with van der Waals surface area (Å²) in [7, 11) is 0. The molecule has 0 aliphatic carbocycles. The molecule has 4 rings (SSSR count). The molecule has 2 heterocycles. The predicted molar refractivity (Wildman–Crippen MR) is 78.0 cm³/mol. The van der Waals surface area contributed by atoms with Gasteiger partial charge in [-0.25, -0.2) is 0 Å². The zero-order chi connectivity index (χ0) is 14.7. The van der Waals surface area contributed by atoms with Crippen LogP contribution in [0.5, 0.6) is 0 Å². The molecule has 2 aromatic heterocycles. The lowest BCUT2D eigenvalue weighted by Gasteiger charge is -2.09. The molecular weight excluding hydrogens is 274 g/mol. The van der Waals surface area contributed by atoms with Crippen LogP contribution in [0.15, 0.2) is 39.9 Å². The van der Waals surface area contributed by atoms with E-state index in [1.54, 1.807) is 18.2 Å². The summed E-state index contributed by atoms with van der Waals surface area (Å²) in [5, 5.41) is 12.8. The van der Waals surface area contributed by atoms with Gasteiger partial charge in [-0.3, -0.25) is 19.7 Å². The summed E-state index contributed by atoms with van der Waals surface area (Å²) in [5.74, 6) is 0. The zero-order valence-corrected chi connectivity index (χ0v) is 10.5. The second-order valence-corrected chi connectivity index (χ2v) is 4.78. The third kappa shape index (κ3) is 1.37. The number of hydrogen-bond acceptors (Lipinski definition) is 4. The lowest BCUT2D eigenvalue weighted by atomic mass is 10.0. The molecule has 7 nitrogen and oxygen atoms in total. The summed E-state index contributed by atoms with van der Waals surface area (Å²) in [6, 6.07) is 7.58. The van der Waals surface area contributed by atoms with Crippen LogP contribution in [0.1, 0.15) is 0 Å². The molecule has 21 heavy (non-hydrogen) atoms. The minimum Gasteiger partial charge on any atom is -0.321 e. The van der Waals surface area contributed by atoms with Crippen molar-refractivity contribution >= 4 is 38.3 Å². The standard InChI is InChI=1S/C14H7N3O4/c18-13-7-4-5-9(17(20)21)12-11(7)10-6(14(19)16-12)2-1-3-8(10)15-13/h1-5H,(H,15,18)(H,16,19). The molecule has 0 aliphatic rings. The highest BCUT2D eigenvalue weighted by Crippen LogP contribution is 2.32. The number of aromatic nitrogens is 2. The maximum Gasteiger partial charge on any atom is 0.293 e. The molecule has 0 bridgehead atoms. The van der Waals surface area contributed by atoms with Crippen LogP contribution in [0.2, 0.25) is 0 Å². The van der Waals surface area contributed by atoms with Crippen molar-refractivity contribution in [3.8, 4) is 0 Å². The summed E-state index contributed by atoms with van der Waals surface area (Å²) in [4.78, 5) is 40.0. The molecule has 0 unspecified atom stereocenters. The van der Waals surface area contributed by atoms with Crippen LogP contribution in [0.3, 0.4) is 0 Å². The third-order valence-corrected chi connectivity index (χ3v) is 3.67. The van der Waals surface area contributed by atoms with Crippen LogP contribution in [-0.2, 0) is 0 Å². The maximum atomic E-state index is 12.1. The van der Waals surface area contributed by atoms with Crippen LogP contribution in [0, 0.1) is 10.1 Å². The van der Waals surface area contributed by atoms with Crippen LogP contribution in [-0.4, -0.2) is 14.9 Å². The van der Waals surface area contributed by atoms with Crippen LogP contribution >= 0.6 is 0 Å². The first-order valence-electron chi connectivity index (χ1n) is 6.15. The highest BCUT2D eigenvalue weighted by molar-refractivity contribution is 6.21. The van der Waals surface area contributed by atoms with Gasteiger partial charge in [-0.15, -0.1) is 0 Å². The first-order valence-corrected chi connectivity index (χ1v) is 6.15. The monoisotopic (exact) mass is 281 g/mol. The van der Waals surface area contributed by atoms with Gasteiger partial charge in [-0.05, 0) is 18.2 Å². The van der Waals surface area contributed by atoms with Gasteiger partial charge in [-0.1, -0.05) is 6.07 Å². The molecular formula is C14H7N3O4. The number of H-pyrrole nitrogens is 2. The lowest BCUT2D eigenvalue weighted by Crippen LogP contribution is -2.13. The molecule has 0 aliphatic heterocycles. The Kier molecular flexibility index (Phi) is 2.02. The van der Waals surface area contributed by atoms with Crippen LogP contribution in [0.25, 0.3) is 32.6 Å². The first kappa shape index (κ1) is 11.6. The molecule has 2 aromatic carbocycles. The lowest BCUT2D eigenvalue weighted by molar-refractivity contribution is -0.383. The molecule has 0 fully saturated rings. The van der Waals surface area contributed by atoms with Gasteiger partial charge >= 0.3 is 0 Å². The number of nitro groups is 1. The molecule has 102 valence electrons. The summed E-state index contributed by atoms with van der Waals surface area (Å²) < 4.78 is 0. The number of nitro benzene ring substituents is 1. The fraction of sp³-hybridized carbons (Fsp3) is 0. The Balaban J connectivity index is 2.50. The van der Waals surface area contributed by atoms with Gasteiger partial charge < -0.3 is 9.97 Å². The van der Waals surface area contributed by atoms with Crippen molar-refractivity contribution in [3.63, 3.8) is 0 Å². The van der Waals surface area contributed by atoms with Crippen molar-refractivity contribution in [1.29, 1.82) is 0 Å². The molecule has 0 saturated carbocycles. The zero-order valence-electron chi connectivity index (χ0n) is 10.5. The Labute approximate surface area is 115 Å². The van der Waals surface area contributed by atoms with Crippen LogP contribution < -0.4 is 11.1 Å². The van der Waals surface area contributed by atoms with E-state index in [9.17, 15) is 19.7 Å². The summed E-state index contributed by atoms with van der Waals surface area (Å²) >= 11 is 0. The molecule has 2 N–H and O–H groups in total. The number of benzene rings is 2. The minimum absolute atomic E-state index is 0.0808. The molecule has 0 atom stereocenters. The topological polar surface area (TPSA) is 109 Å². The van der Waals surface area contributed by atoms with E-state index in [-0.39, 0.29) is 16.8 Å². The number of nitrogens with one attached hydrogen (secondary N) is 2. The van der Waals surface area contributed by atoms with E-state index in [0.29, 0.717) is 27.1 Å². The van der Waals surface area contributed by atoms with Crippen molar-refractivity contribution in [2.24, 2.45) is 0 Å². The quantitative estimate of drug-likeness (QED) is 0.315. The van der Waals surface area contributed by atoms with E-state index in [2.05, 4.69) is 9.97 Å². The Hall–Kier alpha value is -3.22. The van der Waals surface area contributed by atoms with Gasteiger partial charge in [0.15, 0.2) is 0 Å². The predicted octanol–water partition coefficient (Wildman–Crippen LogP) is 1.87. The van der Waals surface area contributed by atoms with Crippen molar-refractivity contribution in [2.45, 2.75) is 0 Å². The Morgan fingerprint density at radius 3 is 2.38 bits per heavy atom.